The van der Waals surface area contributed by atoms with E-state index >= 15 is 0 Å². The van der Waals surface area contributed by atoms with Gasteiger partial charge in [-0.2, -0.15) is 0 Å². The summed E-state index contributed by atoms with van der Waals surface area (Å²) in [5.74, 6) is -0.145. The lowest BCUT2D eigenvalue weighted by Crippen LogP contribution is -2.56. The molecule has 0 radical (unpaired) electrons. The Morgan fingerprint density at radius 1 is 1.04 bits per heavy atom. The number of nitrogens with zero attached hydrogens (tertiary/aromatic N) is 2. The summed E-state index contributed by atoms with van der Waals surface area (Å²) >= 11 is 0. The summed E-state index contributed by atoms with van der Waals surface area (Å²) in [5.41, 5.74) is 0.186. The van der Waals surface area contributed by atoms with Crippen LogP contribution in [0.2, 0.25) is 0 Å². The highest BCUT2D eigenvalue weighted by atomic mass is 19.1. The van der Waals surface area contributed by atoms with Gasteiger partial charge in [-0.15, -0.1) is 0 Å². The number of rotatable bonds is 3. The van der Waals surface area contributed by atoms with Crippen LogP contribution in [0.15, 0.2) is 24.3 Å². The average molecular weight is 374 g/mol. The maximum Gasteiger partial charge on any atom is 0.251 e. The molecule has 1 aromatic carbocycles. The molecule has 1 atom stereocenters. The number of piperazine rings is 1. The molecular weight excluding hydrogens is 347 g/mol. The van der Waals surface area contributed by atoms with E-state index in [0.29, 0.717) is 32.8 Å². The molecule has 146 valence electrons. The van der Waals surface area contributed by atoms with Gasteiger partial charge in [0.15, 0.2) is 0 Å². The fourth-order valence-corrected chi connectivity index (χ4v) is 4.80. The Morgan fingerprint density at radius 2 is 1.74 bits per heavy atom. The van der Waals surface area contributed by atoms with Gasteiger partial charge in [0.05, 0.1) is 5.41 Å². The van der Waals surface area contributed by atoms with Crippen LogP contribution < -0.4 is 0 Å². The average Bonchev–Trinajstić information content (AvgIpc) is 3.40. The van der Waals surface area contributed by atoms with Crippen molar-refractivity contribution in [2.75, 3.05) is 32.8 Å². The fourth-order valence-electron chi connectivity index (χ4n) is 4.80. The molecule has 2 heterocycles. The number of ether oxygens (including phenoxy) is 1. The molecule has 0 aromatic heterocycles. The van der Waals surface area contributed by atoms with Gasteiger partial charge in [0, 0.05) is 32.8 Å². The van der Waals surface area contributed by atoms with Crippen LogP contribution in [0, 0.1) is 5.82 Å². The number of benzene rings is 1. The van der Waals surface area contributed by atoms with Crippen molar-refractivity contribution in [3.63, 3.8) is 0 Å². The maximum absolute atomic E-state index is 13.8. The molecule has 1 aromatic rings. The van der Waals surface area contributed by atoms with E-state index in [9.17, 15) is 14.0 Å². The molecule has 2 aliphatic heterocycles. The Kier molecular flexibility index (Phi) is 5.17. The predicted molar refractivity (Wildman–Crippen MR) is 98.7 cm³/mol. The van der Waals surface area contributed by atoms with Gasteiger partial charge in [0.2, 0.25) is 5.91 Å². The summed E-state index contributed by atoms with van der Waals surface area (Å²) in [6.45, 7) is 2.82. The van der Waals surface area contributed by atoms with Crippen molar-refractivity contribution in [3.8, 4) is 0 Å². The molecule has 0 N–H and O–H groups in total. The zero-order valence-electron chi connectivity index (χ0n) is 15.7. The van der Waals surface area contributed by atoms with E-state index in [1.54, 1.807) is 6.07 Å². The van der Waals surface area contributed by atoms with E-state index in [-0.39, 0.29) is 23.7 Å². The highest BCUT2D eigenvalue weighted by molar-refractivity contribution is 5.89. The minimum Gasteiger partial charge on any atom is -0.368 e. The number of carbonyl (C=O) groups excluding carboxylic acids is 2. The van der Waals surface area contributed by atoms with E-state index in [0.717, 1.165) is 44.1 Å². The topological polar surface area (TPSA) is 49.9 Å². The monoisotopic (exact) mass is 374 g/mol. The Morgan fingerprint density at radius 3 is 2.37 bits per heavy atom. The number of halogens is 1. The zero-order valence-corrected chi connectivity index (χ0v) is 15.7. The second kappa shape index (κ2) is 7.58. The quantitative estimate of drug-likeness (QED) is 0.817. The third-order valence-corrected chi connectivity index (χ3v) is 6.33. The highest BCUT2D eigenvalue weighted by Gasteiger charge is 2.45. The Labute approximate surface area is 159 Å². The van der Waals surface area contributed by atoms with E-state index in [1.807, 2.05) is 15.9 Å². The van der Waals surface area contributed by atoms with Crippen LogP contribution >= 0.6 is 0 Å². The first kappa shape index (κ1) is 18.4. The first-order valence-electron chi connectivity index (χ1n) is 10.1. The van der Waals surface area contributed by atoms with Gasteiger partial charge in [-0.3, -0.25) is 9.59 Å². The smallest absolute Gasteiger partial charge is 0.251 e. The fraction of sp³-hybridized carbons (Fsp3) is 0.619. The van der Waals surface area contributed by atoms with Crippen LogP contribution in [-0.4, -0.2) is 60.5 Å². The summed E-state index contributed by atoms with van der Waals surface area (Å²) in [7, 11) is 0. The van der Waals surface area contributed by atoms with Crippen molar-refractivity contribution >= 4 is 11.8 Å². The lowest BCUT2D eigenvalue weighted by molar-refractivity contribution is -0.148. The second-order valence-corrected chi connectivity index (χ2v) is 7.92. The van der Waals surface area contributed by atoms with Crippen molar-refractivity contribution < 1.29 is 18.7 Å². The van der Waals surface area contributed by atoms with Gasteiger partial charge < -0.3 is 14.5 Å². The van der Waals surface area contributed by atoms with Crippen molar-refractivity contribution in [1.29, 1.82) is 0 Å². The summed E-state index contributed by atoms with van der Waals surface area (Å²) in [6.07, 6.45) is 4.93. The lowest BCUT2D eigenvalue weighted by Gasteiger charge is -2.40. The van der Waals surface area contributed by atoms with Gasteiger partial charge in [0.25, 0.3) is 5.91 Å². The van der Waals surface area contributed by atoms with Crippen LogP contribution in [-0.2, 0) is 19.7 Å². The zero-order chi connectivity index (χ0) is 18.9. The molecule has 1 unspecified atom stereocenters. The molecular formula is C21H27FN2O3. The molecule has 3 aliphatic rings. The number of carbonyl (C=O) groups is 2. The van der Waals surface area contributed by atoms with Gasteiger partial charge in [-0.25, -0.2) is 4.39 Å². The minimum atomic E-state index is -0.608. The largest absolute Gasteiger partial charge is 0.368 e. The number of amides is 2. The number of hydrogen-bond acceptors (Lipinski definition) is 3. The standard InChI is InChI=1S/C21H27FN2O3/c22-17-6-3-5-16(15-17)21(8-1-2-9-21)20(26)24-12-10-23(11-13-24)19(25)18-7-4-14-27-18/h3,5-6,15,18H,1-2,4,7-14H2. The first-order chi connectivity index (χ1) is 13.1. The van der Waals surface area contributed by atoms with E-state index in [4.69, 9.17) is 4.74 Å². The highest BCUT2D eigenvalue weighted by Crippen LogP contribution is 2.43. The molecule has 1 aliphatic carbocycles. The van der Waals surface area contributed by atoms with E-state index in [1.165, 1.54) is 12.1 Å². The van der Waals surface area contributed by atoms with Gasteiger partial charge in [-0.05, 0) is 43.4 Å². The van der Waals surface area contributed by atoms with Gasteiger partial charge in [-0.1, -0.05) is 25.0 Å². The molecule has 0 spiro atoms. The molecule has 3 fully saturated rings. The van der Waals surface area contributed by atoms with Crippen molar-refractivity contribution in [1.82, 2.24) is 9.80 Å². The molecule has 6 heteroatoms. The summed E-state index contributed by atoms with van der Waals surface area (Å²) < 4.78 is 19.3. The third-order valence-electron chi connectivity index (χ3n) is 6.33. The van der Waals surface area contributed by atoms with E-state index in [2.05, 4.69) is 0 Å². The van der Waals surface area contributed by atoms with Crippen molar-refractivity contribution in [2.45, 2.75) is 50.0 Å². The van der Waals surface area contributed by atoms with Crippen LogP contribution in [0.25, 0.3) is 0 Å². The lowest BCUT2D eigenvalue weighted by atomic mass is 9.77. The SMILES string of the molecule is O=C(C1CCCO1)N1CCN(C(=O)C2(c3cccc(F)c3)CCCC2)CC1. The summed E-state index contributed by atoms with van der Waals surface area (Å²) in [4.78, 5) is 29.6. The summed E-state index contributed by atoms with van der Waals surface area (Å²) in [6, 6.07) is 6.51. The summed E-state index contributed by atoms with van der Waals surface area (Å²) in [5, 5.41) is 0. The maximum atomic E-state index is 13.8. The van der Waals surface area contributed by atoms with Crippen LogP contribution in [0.1, 0.15) is 44.1 Å². The number of hydrogen-bond donors (Lipinski definition) is 0. The molecule has 2 amide bonds. The van der Waals surface area contributed by atoms with Gasteiger partial charge in [0.1, 0.15) is 11.9 Å². The molecule has 0 bridgehead atoms. The van der Waals surface area contributed by atoms with Crippen LogP contribution in [0.3, 0.4) is 0 Å². The normalized spacial score (nSPS) is 25.0. The third kappa shape index (κ3) is 3.47. The first-order valence-corrected chi connectivity index (χ1v) is 10.1. The molecule has 4 rings (SSSR count). The van der Waals surface area contributed by atoms with Gasteiger partial charge >= 0.3 is 0 Å². The molecule has 1 saturated carbocycles. The molecule has 27 heavy (non-hydrogen) atoms. The van der Waals surface area contributed by atoms with Crippen LogP contribution in [0.4, 0.5) is 4.39 Å². The predicted octanol–water partition coefficient (Wildman–Crippen LogP) is 2.49. The molecule has 2 saturated heterocycles. The van der Waals surface area contributed by atoms with Crippen molar-refractivity contribution in [2.24, 2.45) is 0 Å². The Hall–Kier alpha value is -1.95. The molecule has 5 nitrogen and oxygen atoms in total. The van der Waals surface area contributed by atoms with Crippen molar-refractivity contribution in [3.05, 3.63) is 35.6 Å². The van der Waals surface area contributed by atoms with E-state index < -0.39 is 5.41 Å². The Balaban J connectivity index is 1.45. The minimum absolute atomic E-state index is 0.0558. The Bertz CT molecular complexity index is 703. The second-order valence-electron chi connectivity index (χ2n) is 7.92. The van der Waals surface area contributed by atoms with Crippen LogP contribution in [0.5, 0.6) is 0 Å².